The normalized spacial score (nSPS) is 10.8. The minimum absolute atomic E-state index is 0.298. The standard InChI is InChI=1S/C15H18ClN3S/c1-4-17-13-9-14(19-15(18-13)10(2)3)20-12-7-5-6-11(16)8-12/h5-10H,4H2,1-3H3,(H,17,18,19). The lowest BCUT2D eigenvalue weighted by Crippen LogP contribution is -2.05. The van der Waals surface area contributed by atoms with Gasteiger partial charge in [-0.15, -0.1) is 0 Å². The van der Waals surface area contributed by atoms with Crippen LogP contribution in [0.25, 0.3) is 0 Å². The van der Waals surface area contributed by atoms with Crippen molar-refractivity contribution in [2.45, 2.75) is 36.6 Å². The lowest BCUT2D eigenvalue weighted by Gasteiger charge is -2.10. The third-order valence-electron chi connectivity index (χ3n) is 2.61. The van der Waals surface area contributed by atoms with Gasteiger partial charge in [-0.25, -0.2) is 9.97 Å². The number of nitrogens with zero attached hydrogens (tertiary/aromatic N) is 2. The number of anilines is 1. The van der Waals surface area contributed by atoms with Gasteiger partial charge in [-0.1, -0.05) is 43.3 Å². The smallest absolute Gasteiger partial charge is 0.134 e. The molecule has 0 aliphatic heterocycles. The number of hydrogen-bond donors (Lipinski definition) is 1. The zero-order valence-corrected chi connectivity index (χ0v) is 13.4. The van der Waals surface area contributed by atoms with Crippen LogP contribution in [0.4, 0.5) is 5.82 Å². The van der Waals surface area contributed by atoms with Crippen molar-refractivity contribution < 1.29 is 0 Å². The van der Waals surface area contributed by atoms with Gasteiger partial charge in [0.2, 0.25) is 0 Å². The molecule has 1 aromatic heterocycles. The fourth-order valence-corrected chi connectivity index (χ4v) is 2.81. The summed E-state index contributed by atoms with van der Waals surface area (Å²) in [6, 6.07) is 9.76. The minimum atomic E-state index is 0.298. The molecule has 1 N–H and O–H groups in total. The second-order valence-electron chi connectivity index (χ2n) is 4.69. The summed E-state index contributed by atoms with van der Waals surface area (Å²) in [5.74, 6) is 2.02. The van der Waals surface area contributed by atoms with Crippen LogP contribution >= 0.6 is 23.4 Å². The molecule has 0 aliphatic carbocycles. The van der Waals surface area contributed by atoms with Crippen molar-refractivity contribution >= 4 is 29.2 Å². The molecule has 0 aliphatic rings. The molecule has 2 rings (SSSR count). The predicted octanol–water partition coefficient (Wildman–Crippen LogP) is 4.84. The molecule has 0 radical (unpaired) electrons. The molecule has 0 saturated carbocycles. The molecule has 0 atom stereocenters. The van der Waals surface area contributed by atoms with Crippen LogP contribution in [-0.2, 0) is 0 Å². The fourth-order valence-electron chi connectivity index (χ4n) is 1.68. The average Bonchev–Trinajstić information content (AvgIpc) is 2.38. The lowest BCUT2D eigenvalue weighted by atomic mass is 10.2. The highest BCUT2D eigenvalue weighted by Crippen LogP contribution is 2.30. The maximum Gasteiger partial charge on any atom is 0.134 e. The van der Waals surface area contributed by atoms with Crippen molar-refractivity contribution in [3.05, 3.63) is 41.2 Å². The molecule has 1 aromatic carbocycles. The van der Waals surface area contributed by atoms with E-state index in [-0.39, 0.29) is 0 Å². The first-order chi connectivity index (χ1) is 9.58. The molecular formula is C15H18ClN3S. The van der Waals surface area contributed by atoms with Gasteiger partial charge in [0.1, 0.15) is 16.7 Å². The van der Waals surface area contributed by atoms with Crippen LogP contribution in [0.3, 0.4) is 0 Å². The number of benzene rings is 1. The molecule has 3 nitrogen and oxygen atoms in total. The summed E-state index contributed by atoms with van der Waals surface area (Å²) in [5.41, 5.74) is 0. The van der Waals surface area contributed by atoms with Gasteiger partial charge < -0.3 is 5.32 Å². The summed E-state index contributed by atoms with van der Waals surface area (Å²) in [5, 5.41) is 4.92. The SMILES string of the molecule is CCNc1cc(Sc2cccc(Cl)c2)nc(C(C)C)n1. The first kappa shape index (κ1) is 15.1. The maximum atomic E-state index is 6.02. The van der Waals surface area contributed by atoms with E-state index in [1.807, 2.05) is 30.3 Å². The lowest BCUT2D eigenvalue weighted by molar-refractivity contribution is 0.754. The third kappa shape index (κ3) is 4.12. The zero-order chi connectivity index (χ0) is 14.5. The van der Waals surface area contributed by atoms with Gasteiger partial charge in [0, 0.05) is 28.4 Å². The van der Waals surface area contributed by atoms with E-state index in [0.29, 0.717) is 5.92 Å². The highest BCUT2D eigenvalue weighted by Gasteiger charge is 2.09. The largest absolute Gasteiger partial charge is 0.370 e. The molecule has 0 spiro atoms. The molecule has 20 heavy (non-hydrogen) atoms. The number of nitrogens with one attached hydrogen (secondary N) is 1. The number of aromatic nitrogens is 2. The van der Waals surface area contributed by atoms with Crippen LogP contribution < -0.4 is 5.32 Å². The molecule has 0 fully saturated rings. The van der Waals surface area contributed by atoms with Crippen molar-refractivity contribution in [3.63, 3.8) is 0 Å². The Kier molecular flexibility index (Phi) is 5.26. The summed E-state index contributed by atoms with van der Waals surface area (Å²) >= 11 is 7.61. The number of hydrogen-bond acceptors (Lipinski definition) is 4. The van der Waals surface area contributed by atoms with Gasteiger partial charge in [0.15, 0.2) is 0 Å². The Labute approximate surface area is 129 Å². The van der Waals surface area contributed by atoms with Crippen molar-refractivity contribution in [1.82, 2.24) is 9.97 Å². The van der Waals surface area contributed by atoms with Crippen molar-refractivity contribution in [2.24, 2.45) is 0 Å². The maximum absolute atomic E-state index is 6.02. The quantitative estimate of drug-likeness (QED) is 0.802. The monoisotopic (exact) mass is 307 g/mol. The van der Waals surface area contributed by atoms with Crippen LogP contribution in [0.15, 0.2) is 40.3 Å². The van der Waals surface area contributed by atoms with E-state index in [2.05, 4.69) is 36.1 Å². The Morgan fingerprint density at radius 2 is 2.05 bits per heavy atom. The first-order valence-electron chi connectivity index (χ1n) is 6.64. The Hall–Kier alpha value is -1.26. The van der Waals surface area contributed by atoms with Crippen LogP contribution in [-0.4, -0.2) is 16.5 Å². The van der Waals surface area contributed by atoms with Crippen LogP contribution in [0.2, 0.25) is 5.02 Å². The molecule has 2 aromatic rings. The van der Waals surface area contributed by atoms with E-state index < -0.39 is 0 Å². The molecule has 0 bridgehead atoms. The molecule has 0 unspecified atom stereocenters. The summed E-state index contributed by atoms with van der Waals surface area (Å²) in [7, 11) is 0. The zero-order valence-electron chi connectivity index (χ0n) is 11.9. The summed E-state index contributed by atoms with van der Waals surface area (Å²) in [4.78, 5) is 10.2. The average molecular weight is 308 g/mol. The van der Waals surface area contributed by atoms with Gasteiger partial charge >= 0.3 is 0 Å². The summed E-state index contributed by atoms with van der Waals surface area (Å²) < 4.78 is 0. The Bertz CT molecular complexity index is 587. The van der Waals surface area contributed by atoms with E-state index in [9.17, 15) is 0 Å². The predicted molar refractivity (Wildman–Crippen MR) is 85.9 cm³/mol. The molecule has 106 valence electrons. The van der Waals surface area contributed by atoms with Gasteiger partial charge in [-0.2, -0.15) is 0 Å². The van der Waals surface area contributed by atoms with Crippen molar-refractivity contribution in [3.8, 4) is 0 Å². The van der Waals surface area contributed by atoms with Crippen LogP contribution in [0.5, 0.6) is 0 Å². The topological polar surface area (TPSA) is 37.8 Å². The molecular weight excluding hydrogens is 290 g/mol. The van der Waals surface area contributed by atoms with E-state index in [1.54, 1.807) is 11.8 Å². The summed E-state index contributed by atoms with van der Waals surface area (Å²) in [6.07, 6.45) is 0. The van der Waals surface area contributed by atoms with E-state index in [1.165, 1.54) is 0 Å². The first-order valence-corrected chi connectivity index (χ1v) is 7.84. The highest BCUT2D eigenvalue weighted by atomic mass is 35.5. The minimum Gasteiger partial charge on any atom is -0.370 e. The third-order valence-corrected chi connectivity index (χ3v) is 3.76. The Morgan fingerprint density at radius 3 is 2.70 bits per heavy atom. The number of halogens is 1. The van der Waals surface area contributed by atoms with Gasteiger partial charge in [0.25, 0.3) is 0 Å². The highest BCUT2D eigenvalue weighted by molar-refractivity contribution is 7.99. The van der Waals surface area contributed by atoms with Crippen LogP contribution in [0.1, 0.15) is 32.5 Å². The van der Waals surface area contributed by atoms with Gasteiger partial charge in [0.05, 0.1) is 0 Å². The van der Waals surface area contributed by atoms with Crippen molar-refractivity contribution in [1.29, 1.82) is 0 Å². The van der Waals surface area contributed by atoms with Crippen LogP contribution in [0, 0.1) is 0 Å². The molecule has 1 heterocycles. The second kappa shape index (κ2) is 6.95. The summed E-state index contributed by atoms with van der Waals surface area (Å²) in [6.45, 7) is 7.09. The second-order valence-corrected chi connectivity index (χ2v) is 6.22. The fraction of sp³-hybridized carbons (Fsp3) is 0.333. The Morgan fingerprint density at radius 1 is 1.25 bits per heavy atom. The van der Waals surface area contributed by atoms with E-state index in [4.69, 9.17) is 11.6 Å². The van der Waals surface area contributed by atoms with Crippen molar-refractivity contribution in [2.75, 3.05) is 11.9 Å². The van der Waals surface area contributed by atoms with Gasteiger partial charge in [-0.05, 0) is 25.1 Å². The molecule has 0 saturated heterocycles. The van der Waals surface area contributed by atoms with Gasteiger partial charge in [-0.3, -0.25) is 0 Å². The molecule has 5 heteroatoms. The van der Waals surface area contributed by atoms with E-state index >= 15 is 0 Å². The Balaban J connectivity index is 2.30. The van der Waals surface area contributed by atoms with E-state index in [0.717, 1.165) is 33.1 Å². The number of rotatable bonds is 5. The molecule has 0 amide bonds.